The Bertz CT molecular complexity index is 306. The van der Waals surface area contributed by atoms with Crippen LogP contribution in [0, 0.1) is 17.8 Å². The molecule has 1 amide bonds. The first-order valence-electron chi connectivity index (χ1n) is 7.21. The molecule has 1 aliphatic carbocycles. The van der Waals surface area contributed by atoms with Crippen LogP contribution in [0.25, 0.3) is 0 Å². The van der Waals surface area contributed by atoms with Crippen molar-refractivity contribution in [2.45, 2.75) is 51.7 Å². The molecule has 4 heteroatoms. The van der Waals surface area contributed by atoms with Gasteiger partial charge in [0.1, 0.15) is 0 Å². The lowest BCUT2D eigenvalue weighted by Gasteiger charge is -2.34. The third-order valence-corrected chi connectivity index (χ3v) is 4.70. The molecule has 0 spiro atoms. The highest BCUT2D eigenvalue weighted by atomic mass is 16.3. The van der Waals surface area contributed by atoms with Crippen LogP contribution in [0.1, 0.15) is 39.5 Å². The van der Waals surface area contributed by atoms with Crippen LogP contribution in [-0.4, -0.2) is 41.1 Å². The molecule has 1 saturated carbocycles. The van der Waals surface area contributed by atoms with Gasteiger partial charge in [-0.15, -0.1) is 0 Å². The van der Waals surface area contributed by atoms with Crippen molar-refractivity contribution in [3.05, 3.63) is 0 Å². The summed E-state index contributed by atoms with van der Waals surface area (Å²) < 4.78 is 0. The standard InChI is InChI=1S/C14H26N2O2/c1-9-3-4-13(15)12(7-9)14(18)16-6-5-11(8-16)10(2)17/h9-13,17H,3-8,15H2,1-2H3. The first kappa shape index (κ1) is 13.8. The second-order valence-corrected chi connectivity index (χ2v) is 6.26. The fraction of sp³-hybridized carbons (Fsp3) is 0.929. The summed E-state index contributed by atoms with van der Waals surface area (Å²) >= 11 is 0. The topological polar surface area (TPSA) is 66.6 Å². The number of rotatable bonds is 2. The van der Waals surface area contributed by atoms with E-state index in [1.807, 2.05) is 11.8 Å². The van der Waals surface area contributed by atoms with Crippen LogP contribution in [0.4, 0.5) is 0 Å². The lowest BCUT2D eigenvalue weighted by molar-refractivity contribution is -0.136. The van der Waals surface area contributed by atoms with Crippen LogP contribution in [0.2, 0.25) is 0 Å². The van der Waals surface area contributed by atoms with Gasteiger partial charge in [-0.3, -0.25) is 4.79 Å². The van der Waals surface area contributed by atoms with Crippen LogP contribution < -0.4 is 5.73 Å². The number of nitrogens with zero attached hydrogens (tertiary/aromatic N) is 1. The summed E-state index contributed by atoms with van der Waals surface area (Å²) in [6, 6.07) is 0.0271. The molecule has 1 heterocycles. The number of aliphatic hydroxyl groups excluding tert-OH is 1. The lowest BCUT2D eigenvalue weighted by Crippen LogP contribution is -2.46. The van der Waals surface area contributed by atoms with Crippen molar-refractivity contribution >= 4 is 5.91 Å². The third-order valence-electron chi connectivity index (χ3n) is 4.70. The SMILES string of the molecule is CC1CCC(N)C(C(=O)N2CCC(C(C)O)C2)C1. The monoisotopic (exact) mass is 254 g/mol. The van der Waals surface area contributed by atoms with Gasteiger partial charge in [-0.1, -0.05) is 6.92 Å². The van der Waals surface area contributed by atoms with Gasteiger partial charge in [-0.25, -0.2) is 0 Å². The molecule has 2 fully saturated rings. The zero-order valence-electron chi connectivity index (χ0n) is 11.5. The maximum atomic E-state index is 12.5. The van der Waals surface area contributed by atoms with E-state index in [0.29, 0.717) is 12.5 Å². The number of hydrogen-bond donors (Lipinski definition) is 2. The Morgan fingerprint density at radius 1 is 1.39 bits per heavy atom. The highest BCUT2D eigenvalue weighted by Gasteiger charge is 2.37. The molecule has 18 heavy (non-hydrogen) atoms. The molecule has 5 unspecified atom stereocenters. The molecule has 0 aromatic rings. The Morgan fingerprint density at radius 2 is 2.11 bits per heavy atom. The largest absolute Gasteiger partial charge is 0.393 e. The molecule has 5 atom stereocenters. The lowest BCUT2D eigenvalue weighted by atomic mass is 9.78. The number of carbonyl (C=O) groups is 1. The summed E-state index contributed by atoms with van der Waals surface area (Å²) in [4.78, 5) is 14.4. The van der Waals surface area contributed by atoms with Gasteiger partial charge < -0.3 is 15.7 Å². The normalized spacial score (nSPS) is 38.8. The van der Waals surface area contributed by atoms with Gasteiger partial charge in [0, 0.05) is 25.0 Å². The van der Waals surface area contributed by atoms with E-state index in [1.165, 1.54) is 0 Å². The number of amides is 1. The average Bonchev–Trinajstić information content (AvgIpc) is 2.81. The van der Waals surface area contributed by atoms with Crippen molar-refractivity contribution in [3.8, 4) is 0 Å². The van der Waals surface area contributed by atoms with Crippen LogP contribution in [0.15, 0.2) is 0 Å². The molecular formula is C14H26N2O2. The summed E-state index contributed by atoms with van der Waals surface area (Å²) in [6.45, 7) is 5.50. The van der Waals surface area contributed by atoms with Crippen LogP contribution in [0.3, 0.4) is 0 Å². The molecule has 0 bridgehead atoms. The Kier molecular flexibility index (Phi) is 4.28. The minimum Gasteiger partial charge on any atom is -0.393 e. The molecule has 1 aliphatic heterocycles. The first-order chi connectivity index (χ1) is 8.49. The predicted molar refractivity (Wildman–Crippen MR) is 70.8 cm³/mol. The Labute approximate surface area is 110 Å². The fourth-order valence-electron chi connectivity index (χ4n) is 3.30. The molecule has 104 valence electrons. The van der Waals surface area contributed by atoms with Crippen molar-refractivity contribution in [1.82, 2.24) is 4.90 Å². The van der Waals surface area contributed by atoms with Crippen molar-refractivity contribution in [2.75, 3.05) is 13.1 Å². The van der Waals surface area contributed by atoms with E-state index in [9.17, 15) is 9.90 Å². The molecule has 1 saturated heterocycles. The van der Waals surface area contributed by atoms with Gasteiger partial charge >= 0.3 is 0 Å². The molecule has 2 rings (SSSR count). The number of carbonyl (C=O) groups excluding carboxylic acids is 1. The van der Waals surface area contributed by atoms with Crippen molar-refractivity contribution in [3.63, 3.8) is 0 Å². The fourth-order valence-corrected chi connectivity index (χ4v) is 3.30. The smallest absolute Gasteiger partial charge is 0.227 e. The molecule has 0 radical (unpaired) electrons. The number of hydrogen-bond acceptors (Lipinski definition) is 3. The summed E-state index contributed by atoms with van der Waals surface area (Å²) in [6.07, 6.45) is 3.63. The maximum Gasteiger partial charge on any atom is 0.227 e. The third kappa shape index (κ3) is 2.86. The highest BCUT2D eigenvalue weighted by Crippen LogP contribution is 2.31. The highest BCUT2D eigenvalue weighted by molar-refractivity contribution is 5.80. The maximum absolute atomic E-state index is 12.5. The van der Waals surface area contributed by atoms with E-state index in [0.717, 1.165) is 32.2 Å². The van der Waals surface area contributed by atoms with Crippen molar-refractivity contribution in [2.24, 2.45) is 23.5 Å². The minimum absolute atomic E-state index is 0.00139. The molecule has 0 aromatic carbocycles. The predicted octanol–water partition coefficient (Wildman–Crippen LogP) is 0.979. The summed E-state index contributed by atoms with van der Waals surface area (Å²) in [7, 11) is 0. The number of aliphatic hydroxyl groups is 1. The van der Waals surface area contributed by atoms with E-state index < -0.39 is 0 Å². The minimum atomic E-state index is -0.318. The first-order valence-corrected chi connectivity index (χ1v) is 7.21. The molecule has 4 nitrogen and oxygen atoms in total. The Morgan fingerprint density at radius 3 is 2.72 bits per heavy atom. The van der Waals surface area contributed by atoms with Gasteiger partial charge in [0.15, 0.2) is 0 Å². The second-order valence-electron chi connectivity index (χ2n) is 6.26. The van der Waals surface area contributed by atoms with E-state index in [2.05, 4.69) is 6.92 Å². The summed E-state index contributed by atoms with van der Waals surface area (Å²) in [5.74, 6) is 1.07. The molecule has 0 aromatic heterocycles. The number of nitrogens with two attached hydrogens (primary N) is 1. The zero-order chi connectivity index (χ0) is 13.3. The Hall–Kier alpha value is -0.610. The van der Waals surface area contributed by atoms with Gasteiger partial charge in [0.2, 0.25) is 5.91 Å². The second kappa shape index (κ2) is 5.57. The molecule has 2 aliphatic rings. The average molecular weight is 254 g/mol. The van der Waals surface area contributed by atoms with E-state index in [4.69, 9.17) is 5.73 Å². The van der Waals surface area contributed by atoms with Gasteiger partial charge in [-0.05, 0) is 38.5 Å². The zero-order valence-corrected chi connectivity index (χ0v) is 11.5. The van der Waals surface area contributed by atoms with E-state index in [1.54, 1.807) is 0 Å². The van der Waals surface area contributed by atoms with Crippen LogP contribution in [-0.2, 0) is 4.79 Å². The quantitative estimate of drug-likeness (QED) is 0.772. The molecule has 3 N–H and O–H groups in total. The number of likely N-dealkylation sites (tertiary alicyclic amines) is 1. The molecular weight excluding hydrogens is 228 g/mol. The van der Waals surface area contributed by atoms with Gasteiger partial charge in [0.25, 0.3) is 0 Å². The summed E-state index contributed by atoms with van der Waals surface area (Å²) in [5, 5.41) is 9.59. The summed E-state index contributed by atoms with van der Waals surface area (Å²) in [5.41, 5.74) is 6.11. The van der Waals surface area contributed by atoms with Gasteiger partial charge in [-0.2, -0.15) is 0 Å². The van der Waals surface area contributed by atoms with Crippen molar-refractivity contribution < 1.29 is 9.90 Å². The Balaban J connectivity index is 1.95. The van der Waals surface area contributed by atoms with Gasteiger partial charge in [0.05, 0.1) is 12.0 Å². The van der Waals surface area contributed by atoms with Crippen LogP contribution >= 0.6 is 0 Å². The van der Waals surface area contributed by atoms with Crippen molar-refractivity contribution in [1.29, 1.82) is 0 Å². The van der Waals surface area contributed by atoms with Crippen LogP contribution in [0.5, 0.6) is 0 Å². The van der Waals surface area contributed by atoms with E-state index >= 15 is 0 Å². The van der Waals surface area contributed by atoms with E-state index in [-0.39, 0.29) is 29.9 Å².